The molecule has 0 fully saturated rings. The van der Waals surface area contributed by atoms with E-state index < -0.39 is 0 Å². The lowest BCUT2D eigenvalue weighted by Gasteiger charge is -2.23. The molecule has 3 N–H and O–H groups in total. The van der Waals surface area contributed by atoms with E-state index >= 15 is 0 Å². The maximum absolute atomic E-state index is 12.4. The van der Waals surface area contributed by atoms with E-state index in [-0.39, 0.29) is 42.5 Å². The number of benzene rings is 2. The third kappa shape index (κ3) is 8.32. The molecule has 37 heavy (non-hydrogen) atoms. The second-order valence-corrected chi connectivity index (χ2v) is 10.8. The quantitative estimate of drug-likeness (QED) is 0.360. The molecule has 1 aliphatic heterocycles. The van der Waals surface area contributed by atoms with Crippen LogP contribution in [0.25, 0.3) is 0 Å². The van der Waals surface area contributed by atoms with Crippen LogP contribution in [0.15, 0.2) is 53.5 Å². The molecule has 8 heteroatoms. The van der Waals surface area contributed by atoms with Crippen LogP contribution in [0.2, 0.25) is 0 Å². The smallest absolute Gasteiger partial charge is 0.307 e. The second-order valence-electron chi connectivity index (χ2n) is 10.8. The van der Waals surface area contributed by atoms with E-state index in [1.165, 1.54) is 5.56 Å². The van der Waals surface area contributed by atoms with Gasteiger partial charge in [-0.1, -0.05) is 58.9 Å². The maximum Gasteiger partial charge on any atom is 0.307 e. The van der Waals surface area contributed by atoms with E-state index in [4.69, 9.17) is 14.6 Å². The molecule has 2 atom stereocenters. The summed E-state index contributed by atoms with van der Waals surface area (Å²) in [5.41, 5.74) is 6.51. The van der Waals surface area contributed by atoms with Gasteiger partial charge in [0.25, 0.3) is 5.91 Å². The molecule has 0 spiro atoms. The first kappa shape index (κ1) is 28.2. The molecular formula is C29H40N4O4. The zero-order chi connectivity index (χ0) is 27.0. The summed E-state index contributed by atoms with van der Waals surface area (Å²) in [5, 5.41) is 6.37. The number of aliphatic imine (C=N–C) groups is 1. The van der Waals surface area contributed by atoms with Crippen molar-refractivity contribution in [1.29, 1.82) is 0 Å². The zero-order valence-electron chi connectivity index (χ0n) is 22.8. The number of carbonyl (C=O) groups excluding carboxylic acids is 2. The Kier molecular flexibility index (Phi) is 9.69. The summed E-state index contributed by atoms with van der Waals surface area (Å²) in [7, 11) is 0. The Morgan fingerprint density at radius 3 is 2.32 bits per heavy atom. The highest BCUT2D eigenvalue weighted by Crippen LogP contribution is 2.28. The van der Waals surface area contributed by atoms with E-state index in [1.54, 1.807) is 19.1 Å². The molecule has 0 aromatic heterocycles. The molecule has 0 bridgehead atoms. The number of hydrogen-bond acceptors (Lipinski definition) is 7. The van der Waals surface area contributed by atoms with Crippen molar-refractivity contribution in [2.45, 2.75) is 66.7 Å². The third-order valence-corrected chi connectivity index (χ3v) is 5.96. The van der Waals surface area contributed by atoms with Gasteiger partial charge in [-0.3, -0.25) is 9.59 Å². The van der Waals surface area contributed by atoms with Crippen LogP contribution in [0.4, 0.5) is 5.69 Å². The van der Waals surface area contributed by atoms with Crippen molar-refractivity contribution in [2.75, 3.05) is 18.5 Å². The number of nitrogens with one attached hydrogen (secondary N) is 3. The van der Waals surface area contributed by atoms with Gasteiger partial charge in [0.2, 0.25) is 0 Å². The van der Waals surface area contributed by atoms with Crippen LogP contribution >= 0.6 is 0 Å². The summed E-state index contributed by atoms with van der Waals surface area (Å²) in [6.07, 6.45) is 0.881. The van der Waals surface area contributed by atoms with Crippen molar-refractivity contribution in [3.8, 4) is 0 Å². The van der Waals surface area contributed by atoms with Gasteiger partial charge in [0.15, 0.2) is 12.1 Å². The Morgan fingerprint density at radius 1 is 1.08 bits per heavy atom. The van der Waals surface area contributed by atoms with Crippen LogP contribution in [-0.4, -0.2) is 37.1 Å². The van der Waals surface area contributed by atoms with Crippen LogP contribution in [0.5, 0.6) is 0 Å². The minimum absolute atomic E-state index is 0.0835. The number of anilines is 1. The summed E-state index contributed by atoms with van der Waals surface area (Å²) in [5.74, 6) is 0.701. The Hall–Kier alpha value is -3.39. The third-order valence-electron chi connectivity index (χ3n) is 5.96. The Bertz CT molecular complexity index is 1070. The number of hydrogen-bond donors (Lipinski definition) is 3. The molecule has 1 amide bonds. The predicted octanol–water partition coefficient (Wildman–Crippen LogP) is 5.22. The molecule has 1 heterocycles. The summed E-state index contributed by atoms with van der Waals surface area (Å²) < 4.78 is 4.88. The average Bonchev–Trinajstić information content (AvgIpc) is 3.35. The number of nitrogens with zero attached hydrogens (tertiary/aromatic N) is 1. The lowest BCUT2D eigenvalue weighted by molar-refractivity contribution is -0.142. The highest BCUT2D eigenvalue weighted by Gasteiger charge is 2.30. The van der Waals surface area contributed by atoms with Crippen LogP contribution in [0.3, 0.4) is 0 Å². The summed E-state index contributed by atoms with van der Waals surface area (Å²) >= 11 is 0. The number of amides is 1. The summed E-state index contributed by atoms with van der Waals surface area (Å²) in [6.45, 7) is 13.0. The number of amidine groups is 1. The normalized spacial score (nSPS) is 16.1. The van der Waals surface area contributed by atoms with Gasteiger partial charge in [0, 0.05) is 28.8 Å². The van der Waals surface area contributed by atoms with Crippen LogP contribution < -0.4 is 16.1 Å². The lowest BCUT2D eigenvalue weighted by atomic mass is 9.94. The molecule has 0 aliphatic carbocycles. The number of ether oxygens (including phenoxy) is 1. The fourth-order valence-electron chi connectivity index (χ4n) is 3.94. The molecule has 0 saturated carbocycles. The minimum Gasteiger partial charge on any atom is -0.466 e. The molecule has 2 aromatic rings. The Morgan fingerprint density at radius 2 is 1.76 bits per heavy atom. The molecule has 0 radical (unpaired) electrons. The number of hydroxylamine groups is 1. The van der Waals surface area contributed by atoms with Gasteiger partial charge in [0.1, 0.15) is 0 Å². The summed E-state index contributed by atoms with van der Waals surface area (Å²) in [4.78, 5) is 34.2. The highest BCUT2D eigenvalue weighted by molar-refractivity contribution is 5.99. The van der Waals surface area contributed by atoms with Crippen LogP contribution in [0, 0.1) is 11.3 Å². The zero-order valence-corrected chi connectivity index (χ0v) is 22.8. The maximum atomic E-state index is 12.4. The molecule has 1 aliphatic rings. The van der Waals surface area contributed by atoms with Crippen molar-refractivity contribution >= 4 is 23.4 Å². The minimum atomic E-state index is -0.318. The summed E-state index contributed by atoms with van der Waals surface area (Å²) in [6, 6.07) is 15.9. The number of esters is 1. The largest absolute Gasteiger partial charge is 0.466 e. The van der Waals surface area contributed by atoms with Gasteiger partial charge in [-0.15, -0.1) is 0 Å². The predicted molar refractivity (Wildman–Crippen MR) is 146 cm³/mol. The molecule has 2 aromatic carbocycles. The molecule has 2 unspecified atom stereocenters. The van der Waals surface area contributed by atoms with Gasteiger partial charge in [-0.25, -0.2) is 15.3 Å². The number of rotatable bonds is 11. The first-order chi connectivity index (χ1) is 17.6. The molecular weight excluding hydrogens is 468 g/mol. The fourth-order valence-corrected chi connectivity index (χ4v) is 3.94. The van der Waals surface area contributed by atoms with E-state index in [2.05, 4.69) is 75.0 Å². The number of carbonyl (C=O) groups is 2. The van der Waals surface area contributed by atoms with E-state index in [0.29, 0.717) is 18.1 Å². The first-order valence-corrected chi connectivity index (χ1v) is 13.0. The van der Waals surface area contributed by atoms with Crippen molar-refractivity contribution in [3.05, 3.63) is 65.2 Å². The van der Waals surface area contributed by atoms with Crippen molar-refractivity contribution < 1.29 is 19.2 Å². The van der Waals surface area contributed by atoms with Gasteiger partial charge >= 0.3 is 5.97 Å². The van der Waals surface area contributed by atoms with Gasteiger partial charge in [-0.05, 0) is 49.1 Å². The van der Waals surface area contributed by atoms with Crippen molar-refractivity contribution in [2.24, 2.45) is 16.3 Å². The van der Waals surface area contributed by atoms with Gasteiger partial charge < -0.3 is 15.4 Å². The van der Waals surface area contributed by atoms with E-state index in [9.17, 15) is 9.59 Å². The molecule has 3 rings (SSSR count). The van der Waals surface area contributed by atoms with Gasteiger partial charge in [-0.2, -0.15) is 0 Å². The average molecular weight is 509 g/mol. The SMILES string of the molecule is CCOC(=O)CCNC(=O)c1ccc(NC(CC(C)C)c2ccc(C3=NC(C(C)(C)C)ON3)cc2)cc1. The fraction of sp³-hybridized carbons (Fsp3) is 0.483. The standard InChI is InChI=1S/C29H40N4O4/c1-7-36-25(34)16-17-30-27(35)22-12-14-23(15-13-22)31-24(18-19(2)3)20-8-10-21(11-9-20)26-32-28(37-33-26)29(4,5)6/h8-15,19,24,28,31H,7,16-18H2,1-6H3,(H,30,35)(H,32,33). The Balaban J connectivity index is 1.64. The van der Waals surface area contributed by atoms with Crippen LogP contribution in [-0.2, 0) is 14.4 Å². The first-order valence-electron chi connectivity index (χ1n) is 13.0. The topological polar surface area (TPSA) is 101 Å². The highest BCUT2D eigenvalue weighted by atomic mass is 16.7. The van der Waals surface area contributed by atoms with E-state index in [1.807, 2.05) is 12.1 Å². The van der Waals surface area contributed by atoms with Gasteiger partial charge in [0.05, 0.1) is 19.1 Å². The molecule has 8 nitrogen and oxygen atoms in total. The molecule has 200 valence electrons. The van der Waals surface area contributed by atoms with Crippen molar-refractivity contribution in [1.82, 2.24) is 10.8 Å². The second kappa shape index (κ2) is 12.7. The Labute approximate surface area is 220 Å². The van der Waals surface area contributed by atoms with Crippen molar-refractivity contribution in [3.63, 3.8) is 0 Å². The lowest BCUT2D eigenvalue weighted by Crippen LogP contribution is -2.27. The molecule has 0 saturated heterocycles. The monoisotopic (exact) mass is 508 g/mol. The van der Waals surface area contributed by atoms with Crippen LogP contribution in [0.1, 0.15) is 81.9 Å². The van der Waals surface area contributed by atoms with E-state index in [0.717, 1.165) is 23.5 Å².